The molecule has 0 aliphatic heterocycles. The number of non-ortho nitro benzene ring substituents is 1. The molecule has 0 aliphatic rings. The molecule has 0 aromatic heterocycles. The van der Waals surface area contributed by atoms with E-state index in [4.69, 9.17) is 17.0 Å². The van der Waals surface area contributed by atoms with E-state index in [0.29, 0.717) is 18.7 Å². The smallest absolute Gasteiger partial charge is 0.306 e. The molecule has 1 amide bonds. The highest BCUT2D eigenvalue weighted by Crippen LogP contribution is 2.16. The van der Waals surface area contributed by atoms with Gasteiger partial charge in [0.2, 0.25) is 5.91 Å². The van der Waals surface area contributed by atoms with E-state index in [9.17, 15) is 19.7 Å². The van der Waals surface area contributed by atoms with Crippen molar-refractivity contribution in [3.8, 4) is 0 Å². The zero-order valence-corrected chi connectivity index (χ0v) is 16.4. The molecule has 0 spiro atoms. The van der Waals surface area contributed by atoms with Crippen molar-refractivity contribution in [2.45, 2.75) is 25.7 Å². The van der Waals surface area contributed by atoms with Gasteiger partial charge in [0, 0.05) is 24.2 Å². The highest BCUT2D eigenvalue weighted by atomic mass is 32.1. The van der Waals surface area contributed by atoms with Crippen molar-refractivity contribution in [3.05, 3.63) is 70.3 Å². The maximum absolute atomic E-state index is 11.9. The van der Waals surface area contributed by atoms with Gasteiger partial charge in [0.25, 0.3) is 5.69 Å². The average Bonchev–Trinajstić information content (AvgIpc) is 2.70. The Hall–Kier alpha value is -3.33. The van der Waals surface area contributed by atoms with Crippen LogP contribution < -0.4 is 10.6 Å². The van der Waals surface area contributed by atoms with Crippen LogP contribution in [-0.2, 0) is 20.7 Å². The molecule has 8 nitrogen and oxygen atoms in total. The van der Waals surface area contributed by atoms with Gasteiger partial charge in [-0.15, -0.1) is 0 Å². The molecule has 0 bridgehead atoms. The minimum absolute atomic E-state index is 0.00766. The number of nitro groups is 1. The summed E-state index contributed by atoms with van der Waals surface area (Å²) in [5.41, 5.74) is 1.45. The topological polar surface area (TPSA) is 111 Å². The van der Waals surface area contributed by atoms with Crippen LogP contribution in [0.3, 0.4) is 0 Å². The number of carbonyl (C=O) groups is 2. The predicted molar refractivity (Wildman–Crippen MR) is 112 cm³/mol. The van der Waals surface area contributed by atoms with Gasteiger partial charge in [0.1, 0.15) is 0 Å². The summed E-state index contributed by atoms with van der Waals surface area (Å²) in [6, 6.07) is 15.6. The van der Waals surface area contributed by atoms with E-state index >= 15 is 0 Å². The lowest BCUT2D eigenvalue weighted by Crippen LogP contribution is -2.34. The number of aryl methyl sites for hydroxylation is 1. The minimum Gasteiger partial charge on any atom is -0.466 e. The van der Waals surface area contributed by atoms with Crippen LogP contribution in [0.25, 0.3) is 0 Å². The van der Waals surface area contributed by atoms with E-state index in [0.717, 1.165) is 6.42 Å². The van der Waals surface area contributed by atoms with Gasteiger partial charge in [-0.05, 0) is 36.7 Å². The summed E-state index contributed by atoms with van der Waals surface area (Å²) >= 11 is 5.00. The highest BCUT2D eigenvalue weighted by Gasteiger charge is 2.11. The van der Waals surface area contributed by atoms with Crippen molar-refractivity contribution in [2.24, 2.45) is 0 Å². The van der Waals surface area contributed by atoms with Crippen LogP contribution >= 0.6 is 12.2 Å². The van der Waals surface area contributed by atoms with E-state index in [2.05, 4.69) is 10.6 Å². The lowest BCUT2D eigenvalue weighted by atomic mass is 10.1. The van der Waals surface area contributed by atoms with Gasteiger partial charge in [-0.2, -0.15) is 0 Å². The maximum atomic E-state index is 11.9. The van der Waals surface area contributed by atoms with E-state index in [-0.39, 0.29) is 23.6 Å². The number of esters is 1. The molecule has 0 fully saturated rings. The molecule has 2 rings (SSSR count). The van der Waals surface area contributed by atoms with E-state index in [1.165, 1.54) is 23.8 Å². The van der Waals surface area contributed by atoms with Crippen molar-refractivity contribution in [2.75, 3.05) is 11.9 Å². The van der Waals surface area contributed by atoms with Crippen LogP contribution in [0.15, 0.2) is 54.6 Å². The Bertz CT molecular complexity index is 873. The van der Waals surface area contributed by atoms with Gasteiger partial charge >= 0.3 is 5.97 Å². The first-order chi connectivity index (χ1) is 13.9. The minimum atomic E-state index is -0.529. The zero-order valence-electron chi connectivity index (χ0n) is 15.6. The van der Waals surface area contributed by atoms with E-state index in [1.54, 1.807) is 6.07 Å². The molecule has 0 atom stereocenters. The summed E-state index contributed by atoms with van der Waals surface area (Å²) in [5, 5.41) is 15.9. The SMILES string of the molecule is O=C(CCC(=O)OCCCc1ccccc1)NC(=S)Nc1cccc([N+](=O)[O-])c1. The number of hydrogen-bond donors (Lipinski definition) is 2. The number of hydrogen-bond acceptors (Lipinski definition) is 6. The van der Waals surface area contributed by atoms with Gasteiger partial charge in [-0.3, -0.25) is 19.7 Å². The molecule has 0 heterocycles. The number of amides is 1. The summed E-state index contributed by atoms with van der Waals surface area (Å²) in [4.78, 5) is 33.8. The molecule has 2 aromatic rings. The highest BCUT2D eigenvalue weighted by molar-refractivity contribution is 7.80. The summed E-state index contributed by atoms with van der Waals surface area (Å²) in [6.45, 7) is 0.294. The largest absolute Gasteiger partial charge is 0.466 e. The summed E-state index contributed by atoms with van der Waals surface area (Å²) < 4.78 is 5.12. The first-order valence-electron chi connectivity index (χ1n) is 8.99. The number of rotatable bonds is 9. The third-order valence-electron chi connectivity index (χ3n) is 3.84. The molecule has 2 aromatic carbocycles. The monoisotopic (exact) mass is 415 g/mol. The fraction of sp³-hybridized carbons (Fsp3) is 0.250. The van der Waals surface area contributed by atoms with Crippen molar-refractivity contribution < 1.29 is 19.2 Å². The van der Waals surface area contributed by atoms with Gasteiger partial charge in [0.05, 0.1) is 18.0 Å². The summed E-state index contributed by atoms with van der Waals surface area (Å²) in [7, 11) is 0. The van der Waals surface area contributed by atoms with Gasteiger partial charge in [0.15, 0.2) is 5.11 Å². The van der Waals surface area contributed by atoms with Crippen LogP contribution in [-0.4, -0.2) is 28.5 Å². The first kappa shape index (κ1) is 22.0. The van der Waals surface area contributed by atoms with Gasteiger partial charge in [-0.1, -0.05) is 36.4 Å². The van der Waals surface area contributed by atoms with Crippen LogP contribution in [0.1, 0.15) is 24.8 Å². The third-order valence-corrected chi connectivity index (χ3v) is 4.04. The molecule has 152 valence electrons. The molecule has 0 aliphatic carbocycles. The van der Waals surface area contributed by atoms with Crippen molar-refractivity contribution in [1.82, 2.24) is 5.32 Å². The molecule has 2 N–H and O–H groups in total. The van der Waals surface area contributed by atoms with Gasteiger partial charge < -0.3 is 15.4 Å². The second kappa shape index (κ2) is 11.5. The lowest BCUT2D eigenvalue weighted by Gasteiger charge is -2.09. The number of carbonyl (C=O) groups excluding carboxylic acids is 2. The number of nitrogens with one attached hydrogen (secondary N) is 2. The predicted octanol–water partition coefficient (Wildman–Crippen LogP) is 3.36. The van der Waals surface area contributed by atoms with Crippen molar-refractivity contribution in [3.63, 3.8) is 0 Å². The number of nitro benzene ring substituents is 1. The Morgan fingerprint density at radius 3 is 2.55 bits per heavy atom. The quantitative estimate of drug-likeness (QED) is 0.212. The second-order valence-electron chi connectivity index (χ2n) is 6.12. The Kier molecular flexibility index (Phi) is 8.71. The average molecular weight is 415 g/mol. The number of ether oxygens (including phenoxy) is 1. The summed E-state index contributed by atoms with van der Waals surface area (Å²) in [6.07, 6.45) is 1.39. The van der Waals surface area contributed by atoms with Crippen LogP contribution in [0.5, 0.6) is 0 Å². The Morgan fingerprint density at radius 2 is 1.83 bits per heavy atom. The van der Waals surface area contributed by atoms with E-state index < -0.39 is 16.8 Å². The molecule has 0 radical (unpaired) electrons. The van der Waals surface area contributed by atoms with Crippen molar-refractivity contribution in [1.29, 1.82) is 0 Å². The zero-order chi connectivity index (χ0) is 21.1. The molecular weight excluding hydrogens is 394 g/mol. The van der Waals surface area contributed by atoms with Crippen molar-refractivity contribution >= 4 is 40.6 Å². The first-order valence-corrected chi connectivity index (χ1v) is 9.39. The Morgan fingerprint density at radius 1 is 1.07 bits per heavy atom. The van der Waals surface area contributed by atoms with Crippen LogP contribution in [0.2, 0.25) is 0 Å². The van der Waals surface area contributed by atoms with Crippen LogP contribution in [0.4, 0.5) is 11.4 Å². The Labute approximate surface area is 173 Å². The number of benzene rings is 2. The molecule has 0 saturated carbocycles. The lowest BCUT2D eigenvalue weighted by molar-refractivity contribution is -0.384. The standard InChI is InChI=1S/C20H21N3O5S/c24-18(22-20(29)21-16-9-4-10-17(14-16)23(26)27)11-12-19(25)28-13-5-8-15-6-2-1-3-7-15/h1-4,6-7,9-10,14H,5,8,11-13H2,(H2,21,22,24,29). The third kappa shape index (κ3) is 8.48. The fourth-order valence-electron chi connectivity index (χ4n) is 2.44. The number of nitrogens with zero attached hydrogens (tertiary/aromatic N) is 1. The molecule has 0 saturated heterocycles. The normalized spacial score (nSPS) is 10.1. The molecular formula is C20H21N3O5S. The second-order valence-corrected chi connectivity index (χ2v) is 6.53. The summed E-state index contributed by atoms with van der Waals surface area (Å²) in [5.74, 6) is -0.903. The number of thiocarbonyl (C=S) groups is 1. The van der Waals surface area contributed by atoms with Crippen LogP contribution in [0, 0.1) is 10.1 Å². The molecule has 29 heavy (non-hydrogen) atoms. The molecule has 9 heteroatoms. The maximum Gasteiger partial charge on any atom is 0.306 e. The fourth-order valence-corrected chi connectivity index (χ4v) is 2.68. The number of anilines is 1. The molecule has 0 unspecified atom stereocenters. The van der Waals surface area contributed by atoms with E-state index in [1.807, 2.05) is 30.3 Å². The Balaban J connectivity index is 1.63. The van der Waals surface area contributed by atoms with Gasteiger partial charge in [-0.25, -0.2) is 0 Å².